The number of thioether (sulfide) groups is 1. The molecule has 3 aromatic rings. The smallest absolute Gasteiger partial charge is 0.209 e. The van der Waals surface area contributed by atoms with E-state index in [1.165, 1.54) is 0 Å². The maximum Gasteiger partial charge on any atom is 0.270 e. The van der Waals surface area contributed by atoms with Crippen molar-refractivity contribution in [1.29, 1.82) is 0 Å². The fourth-order valence-corrected chi connectivity index (χ4v) is 2.38. The van der Waals surface area contributed by atoms with Gasteiger partial charge in [-0.25, -0.2) is 4.98 Å². The van der Waals surface area contributed by atoms with Gasteiger partial charge in [-0.15, -0.1) is 11.8 Å². The normalized spacial score (nSPS) is 10.7. The van der Waals surface area contributed by atoms with Crippen molar-refractivity contribution in [1.82, 2.24) is 10.1 Å². The number of pyridine rings is 1. The van der Waals surface area contributed by atoms with Crippen LogP contribution in [0.15, 0.2) is 59.8 Å². The Morgan fingerprint density at radius 3 is 2.56 bits per heavy atom. The van der Waals surface area contributed by atoms with Crippen LogP contribution >= 0.6 is 11.8 Å². The summed E-state index contributed by atoms with van der Waals surface area (Å²) in [5, 5.41) is 5.54. The molecule has 0 aliphatic rings. The molecule has 1 aromatic carbocycles. The van der Waals surface area contributed by atoms with E-state index in [1.54, 1.807) is 11.8 Å². The molecule has 0 bridgehead atoms. The summed E-state index contributed by atoms with van der Waals surface area (Å²) in [7, 11) is 0. The van der Waals surface area contributed by atoms with Gasteiger partial charge in [0, 0.05) is 22.8 Å². The highest BCUT2D eigenvalue weighted by molar-refractivity contribution is 7.98. The van der Waals surface area contributed by atoms with Gasteiger partial charge in [-0.3, -0.25) is 0 Å². The Morgan fingerprint density at radius 1 is 1.00 bits per heavy atom. The summed E-state index contributed by atoms with van der Waals surface area (Å²) in [4.78, 5) is 4.62. The lowest BCUT2D eigenvalue weighted by Crippen LogP contribution is -2.28. The molecular formula is C14H12N3S+. The van der Waals surface area contributed by atoms with Crippen LogP contribution in [0.2, 0.25) is 0 Å². The zero-order chi connectivity index (χ0) is 12.4. The van der Waals surface area contributed by atoms with E-state index < -0.39 is 0 Å². The first kappa shape index (κ1) is 11.2. The van der Waals surface area contributed by atoms with E-state index in [4.69, 9.17) is 0 Å². The first-order chi connectivity index (χ1) is 8.88. The van der Waals surface area contributed by atoms with Crippen LogP contribution in [0.25, 0.3) is 16.9 Å². The highest BCUT2D eigenvalue weighted by atomic mass is 32.2. The van der Waals surface area contributed by atoms with E-state index in [9.17, 15) is 0 Å². The van der Waals surface area contributed by atoms with E-state index >= 15 is 0 Å². The minimum absolute atomic E-state index is 0.753. The number of rotatable bonds is 2. The van der Waals surface area contributed by atoms with Gasteiger partial charge in [-0.1, -0.05) is 30.3 Å². The van der Waals surface area contributed by atoms with Crippen molar-refractivity contribution >= 4 is 17.3 Å². The van der Waals surface area contributed by atoms with Gasteiger partial charge in [0.05, 0.1) is 0 Å². The Hall–Kier alpha value is -1.94. The van der Waals surface area contributed by atoms with Crippen LogP contribution in [0.5, 0.6) is 0 Å². The number of nitrogens with zero attached hydrogens (tertiary/aromatic N) is 3. The lowest BCUT2D eigenvalue weighted by atomic mass is 10.2. The Balaban J connectivity index is 2.26. The summed E-state index contributed by atoms with van der Waals surface area (Å²) >= 11 is 1.64. The van der Waals surface area contributed by atoms with E-state index in [0.29, 0.717) is 0 Å². The second-order valence-corrected chi connectivity index (χ2v) is 4.64. The molecule has 0 spiro atoms. The van der Waals surface area contributed by atoms with E-state index in [1.807, 2.05) is 65.5 Å². The first-order valence-electron chi connectivity index (χ1n) is 5.66. The van der Waals surface area contributed by atoms with Crippen LogP contribution in [0.3, 0.4) is 0 Å². The minimum Gasteiger partial charge on any atom is -0.209 e. The van der Waals surface area contributed by atoms with E-state index in [-0.39, 0.29) is 0 Å². The molecule has 0 amide bonds. The van der Waals surface area contributed by atoms with Gasteiger partial charge in [0.1, 0.15) is 0 Å². The van der Waals surface area contributed by atoms with Crippen molar-refractivity contribution in [3.63, 3.8) is 0 Å². The number of hydrogen-bond donors (Lipinski definition) is 0. The summed E-state index contributed by atoms with van der Waals surface area (Å²) in [5.41, 5.74) is 2.07. The molecule has 0 N–H and O–H groups in total. The van der Waals surface area contributed by atoms with Crippen molar-refractivity contribution in [2.45, 2.75) is 5.03 Å². The van der Waals surface area contributed by atoms with Gasteiger partial charge >= 0.3 is 0 Å². The summed E-state index contributed by atoms with van der Waals surface area (Å²) in [5.74, 6) is 0.753. The number of fused-ring (bicyclic) bond motifs is 1. The number of aromatic nitrogens is 3. The molecule has 0 unspecified atom stereocenters. The molecule has 0 atom stereocenters. The van der Waals surface area contributed by atoms with Gasteiger partial charge in [-0.2, -0.15) is 0 Å². The van der Waals surface area contributed by atoms with Crippen molar-refractivity contribution in [3.05, 3.63) is 54.7 Å². The number of hydrogen-bond acceptors (Lipinski definition) is 3. The van der Waals surface area contributed by atoms with Gasteiger partial charge in [-0.05, 0) is 16.8 Å². The fraction of sp³-hybridized carbons (Fsp3) is 0.0714. The monoisotopic (exact) mass is 254 g/mol. The highest BCUT2D eigenvalue weighted by Crippen LogP contribution is 2.19. The highest BCUT2D eigenvalue weighted by Gasteiger charge is 2.14. The van der Waals surface area contributed by atoms with Crippen LogP contribution in [-0.4, -0.2) is 16.3 Å². The summed E-state index contributed by atoms with van der Waals surface area (Å²) in [6, 6.07) is 16.0. The molecule has 3 rings (SSSR count). The predicted octanol–water partition coefficient (Wildman–Crippen LogP) is 2.60. The zero-order valence-corrected chi connectivity index (χ0v) is 10.8. The molecule has 0 aliphatic carbocycles. The fourth-order valence-electron chi connectivity index (χ4n) is 1.83. The largest absolute Gasteiger partial charge is 0.270 e. The van der Waals surface area contributed by atoms with Crippen molar-refractivity contribution in [2.24, 2.45) is 0 Å². The first-order valence-corrected chi connectivity index (χ1v) is 6.89. The molecule has 0 fully saturated rings. The predicted molar refractivity (Wildman–Crippen MR) is 72.4 cm³/mol. The molecule has 0 aliphatic heterocycles. The average Bonchev–Trinajstić information content (AvgIpc) is 2.47. The van der Waals surface area contributed by atoms with Crippen LogP contribution in [0, 0.1) is 0 Å². The molecular weight excluding hydrogens is 242 g/mol. The standard InChI is InChI=1S/C14H12N3S/c1-18-14-12-9-5-6-10-17(12)16-13(15-14)11-7-3-2-4-8-11/h2-10H,1H3/q+1. The number of benzene rings is 1. The third-order valence-corrected chi connectivity index (χ3v) is 3.38. The Morgan fingerprint density at radius 2 is 1.78 bits per heavy atom. The van der Waals surface area contributed by atoms with E-state index in [0.717, 1.165) is 21.9 Å². The molecule has 0 radical (unpaired) electrons. The van der Waals surface area contributed by atoms with E-state index in [2.05, 4.69) is 10.1 Å². The van der Waals surface area contributed by atoms with Crippen LogP contribution in [0.4, 0.5) is 0 Å². The molecule has 2 heterocycles. The maximum atomic E-state index is 4.62. The summed E-state index contributed by atoms with van der Waals surface area (Å²) in [6.07, 6.45) is 3.98. The third-order valence-electron chi connectivity index (χ3n) is 2.69. The molecule has 0 saturated heterocycles. The Bertz CT molecular complexity index is 683. The second-order valence-electron chi connectivity index (χ2n) is 3.84. The third kappa shape index (κ3) is 1.95. The molecule has 2 aromatic heterocycles. The quantitative estimate of drug-likeness (QED) is 0.520. The zero-order valence-electron chi connectivity index (χ0n) is 9.95. The van der Waals surface area contributed by atoms with Crippen LogP contribution in [0.1, 0.15) is 0 Å². The molecule has 3 nitrogen and oxygen atoms in total. The van der Waals surface area contributed by atoms with Crippen molar-refractivity contribution < 1.29 is 4.52 Å². The summed E-state index contributed by atoms with van der Waals surface area (Å²) < 4.78 is 1.88. The van der Waals surface area contributed by atoms with Gasteiger partial charge < -0.3 is 0 Å². The molecule has 18 heavy (non-hydrogen) atoms. The lowest BCUT2D eigenvalue weighted by molar-refractivity contribution is -0.582. The van der Waals surface area contributed by atoms with Crippen molar-refractivity contribution in [2.75, 3.05) is 6.26 Å². The molecule has 4 heteroatoms. The minimum atomic E-state index is 0.753. The Kier molecular flexibility index (Phi) is 2.94. The maximum absolute atomic E-state index is 4.62. The van der Waals surface area contributed by atoms with Crippen LogP contribution < -0.4 is 4.52 Å². The second kappa shape index (κ2) is 4.74. The summed E-state index contributed by atoms with van der Waals surface area (Å²) in [6.45, 7) is 0. The lowest BCUT2D eigenvalue weighted by Gasteiger charge is -2.00. The SMILES string of the molecule is CSc1nc(-c2ccccc2)n[n+]2ccccc12. The van der Waals surface area contributed by atoms with Crippen LogP contribution in [-0.2, 0) is 0 Å². The average molecular weight is 254 g/mol. The Labute approximate surface area is 110 Å². The molecule has 88 valence electrons. The topological polar surface area (TPSA) is 29.9 Å². The van der Waals surface area contributed by atoms with Gasteiger partial charge in [0.15, 0.2) is 5.03 Å². The van der Waals surface area contributed by atoms with Gasteiger partial charge in [0.2, 0.25) is 12.0 Å². The van der Waals surface area contributed by atoms with Gasteiger partial charge in [0.25, 0.3) is 5.52 Å². The van der Waals surface area contributed by atoms with Crippen molar-refractivity contribution in [3.8, 4) is 11.4 Å². The molecule has 0 saturated carbocycles.